The van der Waals surface area contributed by atoms with Crippen molar-refractivity contribution in [1.82, 2.24) is 4.90 Å². The van der Waals surface area contributed by atoms with Gasteiger partial charge >= 0.3 is 0 Å². The number of phenolic OH excluding ortho intramolecular Hbond substituents is 1. The van der Waals surface area contributed by atoms with Gasteiger partial charge in [-0.2, -0.15) is 0 Å². The quantitative estimate of drug-likeness (QED) is 0.781. The Balaban J connectivity index is 2.41. The van der Waals surface area contributed by atoms with Gasteiger partial charge in [0.25, 0.3) is 5.91 Å². The number of phenols is 1. The van der Waals surface area contributed by atoms with Crippen molar-refractivity contribution in [3.05, 3.63) is 41.2 Å². The Labute approximate surface area is 128 Å². The number of rotatable bonds is 6. The van der Waals surface area contributed by atoms with Crippen molar-refractivity contribution in [2.75, 3.05) is 20.3 Å². The van der Waals surface area contributed by atoms with Gasteiger partial charge < -0.3 is 19.8 Å². The summed E-state index contributed by atoms with van der Waals surface area (Å²) in [7, 11) is 1.56. The second-order valence-electron chi connectivity index (χ2n) is 5.16. The summed E-state index contributed by atoms with van der Waals surface area (Å²) in [5.74, 6) is -1.42. The van der Waals surface area contributed by atoms with Crippen molar-refractivity contribution in [1.29, 1.82) is 0 Å². The Bertz CT molecular complexity index is 623. The number of ether oxygens (including phenoxy) is 1. The van der Waals surface area contributed by atoms with Crippen molar-refractivity contribution in [3.8, 4) is 5.75 Å². The number of hydrogen-bond acceptors (Lipinski definition) is 5. The number of nitrogens with zero attached hydrogens (tertiary/aromatic N) is 1. The third kappa shape index (κ3) is 2.96. The van der Waals surface area contributed by atoms with Gasteiger partial charge in [-0.1, -0.05) is 12.1 Å². The van der Waals surface area contributed by atoms with E-state index in [2.05, 4.69) is 0 Å². The first-order chi connectivity index (χ1) is 10.5. The number of amides is 1. The van der Waals surface area contributed by atoms with Gasteiger partial charge in [-0.05, 0) is 31.0 Å². The number of carbonyl (C=O) groups excluding carboxylic acids is 2. The van der Waals surface area contributed by atoms with Crippen molar-refractivity contribution >= 4 is 11.7 Å². The van der Waals surface area contributed by atoms with Crippen LogP contribution in [0.5, 0.6) is 5.75 Å². The molecule has 0 radical (unpaired) electrons. The maximum atomic E-state index is 12.2. The molecule has 6 nitrogen and oxygen atoms in total. The molecule has 0 fully saturated rings. The Morgan fingerprint density at radius 3 is 2.68 bits per heavy atom. The molecule has 2 N–H and O–H groups in total. The minimum Gasteiger partial charge on any atom is -0.508 e. The summed E-state index contributed by atoms with van der Waals surface area (Å²) in [6.07, 6.45) is 0.579. The molecular weight excluding hydrogens is 286 g/mol. The summed E-state index contributed by atoms with van der Waals surface area (Å²) < 4.78 is 4.98. The van der Waals surface area contributed by atoms with Crippen LogP contribution in [0.2, 0.25) is 0 Å². The van der Waals surface area contributed by atoms with Crippen LogP contribution in [0.15, 0.2) is 35.6 Å². The number of aliphatic hydroxyl groups is 1. The minimum absolute atomic E-state index is 0.0380. The summed E-state index contributed by atoms with van der Waals surface area (Å²) in [5.41, 5.74) is 0.646. The summed E-state index contributed by atoms with van der Waals surface area (Å²) in [4.78, 5) is 25.5. The highest BCUT2D eigenvalue weighted by atomic mass is 16.5. The lowest BCUT2D eigenvalue weighted by Gasteiger charge is -2.26. The van der Waals surface area contributed by atoms with Gasteiger partial charge in [-0.25, -0.2) is 0 Å². The van der Waals surface area contributed by atoms with E-state index < -0.39 is 17.7 Å². The molecule has 1 aromatic carbocycles. The largest absolute Gasteiger partial charge is 0.508 e. The summed E-state index contributed by atoms with van der Waals surface area (Å²) in [6.45, 7) is 2.12. The van der Waals surface area contributed by atoms with Crippen LogP contribution in [0.1, 0.15) is 24.9 Å². The highest BCUT2D eigenvalue weighted by Gasteiger charge is 2.42. The van der Waals surface area contributed by atoms with Gasteiger partial charge in [-0.15, -0.1) is 0 Å². The van der Waals surface area contributed by atoms with Crippen molar-refractivity contribution in [2.45, 2.75) is 19.4 Å². The molecule has 0 unspecified atom stereocenters. The fourth-order valence-corrected chi connectivity index (χ4v) is 2.66. The molecular formula is C16H19NO5. The second kappa shape index (κ2) is 6.62. The number of ketones is 1. The van der Waals surface area contributed by atoms with Gasteiger partial charge in [0.1, 0.15) is 5.75 Å². The number of aliphatic hydroxyl groups excluding tert-OH is 1. The van der Waals surface area contributed by atoms with Crippen molar-refractivity contribution in [3.63, 3.8) is 0 Å². The first-order valence-corrected chi connectivity index (χ1v) is 7.00. The summed E-state index contributed by atoms with van der Waals surface area (Å²) >= 11 is 0. The molecule has 6 heteroatoms. The standard InChI is InChI=1S/C16H19NO5/c1-10(18)13-14(11-5-3-6-12(19)9-11)17(7-4-8-22-2)16(21)15(13)20/h3,5-6,9,14,19-20H,4,7-8H2,1-2H3/t14-/m1/s1. The van der Waals surface area contributed by atoms with E-state index in [1.54, 1.807) is 19.2 Å². The molecule has 0 spiro atoms. The van der Waals surface area contributed by atoms with Crippen LogP contribution in [0.4, 0.5) is 0 Å². The van der Waals surface area contributed by atoms with Crippen LogP contribution in [-0.4, -0.2) is 47.1 Å². The molecule has 0 saturated heterocycles. The van der Waals surface area contributed by atoms with Gasteiger partial charge in [0.15, 0.2) is 11.5 Å². The smallest absolute Gasteiger partial charge is 0.290 e. The lowest BCUT2D eigenvalue weighted by atomic mass is 9.96. The van der Waals surface area contributed by atoms with E-state index in [9.17, 15) is 19.8 Å². The number of carbonyl (C=O) groups is 2. The minimum atomic E-state index is -0.686. The number of aromatic hydroxyl groups is 1. The zero-order valence-electron chi connectivity index (χ0n) is 12.6. The van der Waals surface area contributed by atoms with E-state index in [4.69, 9.17) is 4.74 Å². The van der Waals surface area contributed by atoms with E-state index in [1.165, 1.54) is 24.0 Å². The van der Waals surface area contributed by atoms with Crippen LogP contribution >= 0.6 is 0 Å². The fraction of sp³-hybridized carbons (Fsp3) is 0.375. The van der Waals surface area contributed by atoms with Crippen LogP contribution < -0.4 is 0 Å². The predicted octanol–water partition coefficient (Wildman–Crippen LogP) is 1.71. The molecule has 0 aliphatic carbocycles. The zero-order chi connectivity index (χ0) is 16.3. The molecule has 2 rings (SSSR count). The molecule has 22 heavy (non-hydrogen) atoms. The maximum Gasteiger partial charge on any atom is 0.290 e. The second-order valence-corrected chi connectivity index (χ2v) is 5.16. The normalized spacial score (nSPS) is 18.2. The van der Waals surface area contributed by atoms with Crippen LogP contribution in [0.3, 0.4) is 0 Å². The van der Waals surface area contributed by atoms with Crippen LogP contribution in [0, 0.1) is 0 Å². The molecule has 1 aromatic rings. The predicted molar refractivity (Wildman–Crippen MR) is 79.4 cm³/mol. The molecule has 1 amide bonds. The third-order valence-electron chi connectivity index (χ3n) is 3.62. The average Bonchev–Trinajstić information content (AvgIpc) is 2.72. The molecule has 118 valence electrons. The SMILES string of the molecule is COCCCN1C(=O)C(O)=C(C(C)=O)[C@H]1c1cccc(O)c1. The van der Waals surface area contributed by atoms with Crippen molar-refractivity contribution in [2.24, 2.45) is 0 Å². The Kier molecular flexibility index (Phi) is 4.82. The highest BCUT2D eigenvalue weighted by molar-refractivity contribution is 6.08. The monoisotopic (exact) mass is 305 g/mol. The third-order valence-corrected chi connectivity index (χ3v) is 3.62. The average molecular weight is 305 g/mol. The fourth-order valence-electron chi connectivity index (χ4n) is 2.66. The molecule has 0 saturated carbocycles. The molecule has 1 heterocycles. The topological polar surface area (TPSA) is 87.1 Å². The Morgan fingerprint density at radius 2 is 2.09 bits per heavy atom. The molecule has 1 atom stereocenters. The van der Waals surface area contributed by atoms with E-state index in [-0.39, 0.29) is 17.1 Å². The number of methoxy groups -OCH3 is 1. The summed E-state index contributed by atoms with van der Waals surface area (Å²) in [5, 5.41) is 19.7. The van der Waals surface area contributed by atoms with Crippen LogP contribution in [0.25, 0.3) is 0 Å². The highest BCUT2D eigenvalue weighted by Crippen LogP contribution is 2.38. The molecule has 0 bridgehead atoms. The number of hydrogen-bond donors (Lipinski definition) is 2. The zero-order valence-corrected chi connectivity index (χ0v) is 12.6. The Morgan fingerprint density at radius 1 is 1.36 bits per heavy atom. The van der Waals surface area contributed by atoms with Gasteiger partial charge in [0.2, 0.25) is 0 Å². The van der Waals surface area contributed by atoms with Gasteiger partial charge in [0.05, 0.1) is 11.6 Å². The Hall–Kier alpha value is -2.34. The van der Waals surface area contributed by atoms with Crippen LogP contribution in [-0.2, 0) is 14.3 Å². The molecule has 1 aliphatic rings. The summed E-state index contributed by atoms with van der Waals surface area (Å²) in [6, 6.07) is 5.65. The first kappa shape index (κ1) is 16.0. The molecule has 0 aromatic heterocycles. The van der Waals surface area contributed by atoms with Crippen molar-refractivity contribution < 1.29 is 24.5 Å². The van der Waals surface area contributed by atoms with Gasteiger partial charge in [-0.3, -0.25) is 9.59 Å². The van der Waals surface area contributed by atoms with Gasteiger partial charge in [0, 0.05) is 20.3 Å². The number of Topliss-reactive ketones (excluding diaryl/α,β-unsaturated/α-hetero) is 1. The number of benzene rings is 1. The van der Waals surface area contributed by atoms with E-state index in [1.807, 2.05) is 0 Å². The lowest BCUT2D eigenvalue weighted by molar-refractivity contribution is -0.129. The van der Waals surface area contributed by atoms with E-state index >= 15 is 0 Å². The molecule has 1 aliphatic heterocycles. The lowest BCUT2D eigenvalue weighted by Crippen LogP contribution is -2.32. The first-order valence-electron chi connectivity index (χ1n) is 7.00. The van der Waals surface area contributed by atoms with E-state index in [0.717, 1.165) is 0 Å². The maximum absolute atomic E-state index is 12.2. The van der Waals surface area contributed by atoms with E-state index in [0.29, 0.717) is 25.1 Å².